The molecule has 1 aliphatic heterocycles. The molecular weight excluding hydrogens is 422 g/mol. The summed E-state index contributed by atoms with van der Waals surface area (Å²) in [7, 11) is 0. The first-order valence-electron chi connectivity index (χ1n) is 10.9. The van der Waals surface area contributed by atoms with Crippen molar-refractivity contribution in [1.29, 1.82) is 0 Å². The molecule has 0 atom stereocenters. The van der Waals surface area contributed by atoms with E-state index >= 15 is 0 Å². The van der Waals surface area contributed by atoms with Crippen molar-refractivity contribution in [3.8, 4) is 0 Å². The van der Waals surface area contributed by atoms with Crippen molar-refractivity contribution < 1.29 is 14.4 Å². The number of carbonyl (C=O) groups is 3. The molecule has 7 heteroatoms. The first-order valence-corrected chi connectivity index (χ1v) is 11.7. The molecule has 3 amide bonds. The van der Waals surface area contributed by atoms with Crippen molar-refractivity contribution in [2.75, 3.05) is 11.9 Å². The number of benzene rings is 2. The van der Waals surface area contributed by atoms with Gasteiger partial charge in [0.25, 0.3) is 11.8 Å². The maximum atomic E-state index is 12.4. The van der Waals surface area contributed by atoms with Crippen LogP contribution >= 0.6 is 11.3 Å². The molecular formula is C25H27N3O3S. The third-order valence-corrected chi connectivity index (χ3v) is 6.60. The minimum Gasteiger partial charge on any atom is -0.302 e. The maximum Gasteiger partial charge on any atom is 0.261 e. The molecule has 0 unspecified atom stereocenters. The number of nitrogens with one attached hydrogen (secondary N) is 1. The number of anilines is 1. The molecule has 32 heavy (non-hydrogen) atoms. The zero-order valence-electron chi connectivity index (χ0n) is 18.6. The van der Waals surface area contributed by atoms with Crippen LogP contribution in [0.3, 0.4) is 0 Å². The number of thiazole rings is 1. The predicted molar refractivity (Wildman–Crippen MR) is 127 cm³/mol. The molecule has 2 aromatic carbocycles. The number of amides is 3. The van der Waals surface area contributed by atoms with Crippen LogP contribution in [0.5, 0.6) is 0 Å². The van der Waals surface area contributed by atoms with Gasteiger partial charge in [-0.2, -0.15) is 0 Å². The summed E-state index contributed by atoms with van der Waals surface area (Å²) in [5, 5.41) is 3.51. The minimum absolute atomic E-state index is 0.0642. The smallest absolute Gasteiger partial charge is 0.261 e. The molecule has 0 saturated carbocycles. The quantitative estimate of drug-likeness (QED) is 0.387. The third kappa shape index (κ3) is 4.58. The molecule has 6 nitrogen and oxygen atoms in total. The molecule has 2 heterocycles. The zero-order valence-corrected chi connectivity index (χ0v) is 19.4. The van der Waals surface area contributed by atoms with Crippen LogP contribution in [0.25, 0.3) is 10.2 Å². The highest BCUT2D eigenvalue weighted by molar-refractivity contribution is 7.22. The lowest BCUT2D eigenvalue weighted by Gasteiger charge is -2.18. The SMILES string of the molecule is CC(C)(C)c1ccc2nc(NC(=O)CCCCCN3C(=O)c4ccccc4C3=O)sc2c1. The molecule has 0 saturated heterocycles. The van der Waals surface area contributed by atoms with E-state index in [-0.39, 0.29) is 23.1 Å². The Morgan fingerprint density at radius 1 is 1.00 bits per heavy atom. The van der Waals surface area contributed by atoms with Gasteiger partial charge in [0.2, 0.25) is 5.91 Å². The topological polar surface area (TPSA) is 79.4 Å². The average molecular weight is 450 g/mol. The van der Waals surface area contributed by atoms with E-state index in [9.17, 15) is 14.4 Å². The van der Waals surface area contributed by atoms with Gasteiger partial charge in [0.05, 0.1) is 21.3 Å². The van der Waals surface area contributed by atoms with Gasteiger partial charge in [-0.1, -0.05) is 56.7 Å². The summed E-state index contributed by atoms with van der Waals surface area (Å²) in [5.41, 5.74) is 3.14. The van der Waals surface area contributed by atoms with Gasteiger partial charge < -0.3 is 5.32 Å². The Labute approximate surface area is 191 Å². The molecule has 0 aliphatic carbocycles. The molecule has 0 radical (unpaired) electrons. The van der Waals surface area contributed by atoms with Gasteiger partial charge in [-0.25, -0.2) is 4.98 Å². The molecule has 4 rings (SSSR count). The largest absolute Gasteiger partial charge is 0.302 e. The van der Waals surface area contributed by atoms with E-state index in [1.807, 2.05) is 6.07 Å². The summed E-state index contributed by atoms with van der Waals surface area (Å²) in [4.78, 5) is 42.9. The van der Waals surface area contributed by atoms with Gasteiger partial charge in [0.15, 0.2) is 5.13 Å². The van der Waals surface area contributed by atoms with Crippen LogP contribution in [0.15, 0.2) is 42.5 Å². The lowest BCUT2D eigenvalue weighted by Crippen LogP contribution is -2.30. The second kappa shape index (κ2) is 8.82. The van der Waals surface area contributed by atoms with Crippen LogP contribution in [0.1, 0.15) is 72.7 Å². The third-order valence-electron chi connectivity index (χ3n) is 5.66. The molecule has 0 fully saturated rings. The van der Waals surface area contributed by atoms with E-state index < -0.39 is 0 Å². The van der Waals surface area contributed by atoms with Crippen LogP contribution in [-0.2, 0) is 10.2 Å². The Morgan fingerprint density at radius 2 is 1.69 bits per heavy atom. The number of carbonyl (C=O) groups excluding carboxylic acids is 3. The van der Waals surface area contributed by atoms with E-state index in [0.717, 1.165) is 16.6 Å². The fraction of sp³-hybridized carbons (Fsp3) is 0.360. The minimum atomic E-state index is -0.228. The van der Waals surface area contributed by atoms with Gasteiger partial charge in [0, 0.05) is 13.0 Å². The normalized spacial score (nSPS) is 13.7. The van der Waals surface area contributed by atoms with Gasteiger partial charge in [0.1, 0.15) is 0 Å². The van der Waals surface area contributed by atoms with Crippen molar-refractivity contribution in [2.45, 2.75) is 51.9 Å². The highest BCUT2D eigenvalue weighted by Crippen LogP contribution is 2.31. The Hall–Kier alpha value is -3.06. The molecule has 1 N–H and O–H groups in total. The Kier molecular flexibility index (Phi) is 6.11. The van der Waals surface area contributed by atoms with Crippen LogP contribution in [0, 0.1) is 0 Å². The fourth-order valence-electron chi connectivity index (χ4n) is 3.80. The van der Waals surface area contributed by atoms with Gasteiger partial charge in [-0.3, -0.25) is 19.3 Å². The fourth-order valence-corrected chi connectivity index (χ4v) is 4.72. The number of imide groups is 1. The lowest BCUT2D eigenvalue weighted by molar-refractivity contribution is -0.116. The first-order chi connectivity index (χ1) is 15.2. The van der Waals surface area contributed by atoms with Crippen LogP contribution in [0.2, 0.25) is 0 Å². The summed E-state index contributed by atoms with van der Waals surface area (Å²) in [6.07, 6.45) is 2.50. The average Bonchev–Trinajstić information content (AvgIpc) is 3.25. The van der Waals surface area contributed by atoms with E-state index in [0.29, 0.717) is 42.1 Å². The second-order valence-electron chi connectivity index (χ2n) is 9.12. The Bertz CT molecular complexity index is 1160. The lowest BCUT2D eigenvalue weighted by atomic mass is 9.87. The number of aromatic nitrogens is 1. The summed E-state index contributed by atoms with van der Waals surface area (Å²) < 4.78 is 1.06. The highest BCUT2D eigenvalue weighted by atomic mass is 32.1. The number of nitrogens with zero attached hydrogens (tertiary/aromatic N) is 2. The van der Waals surface area contributed by atoms with Gasteiger partial charge >= 0.3 is 0 Å². The molecule has 3 aromatic rings. The zero-order chi connectivity index (χ0) is 22.9. The van der Waals surface area contributed by atoms with Gasteiger partial charge in [-0.15, -0.1) is 0 Å². The van der Waals surface area contributed by atoms with E-state index in [1.165, 1.54) is 21.8 Å². The van der Waals surface area contributed by atoms with Crippen molar-refractivity contribution in [2.24, 2.45) is 0 Å². The van der Waals surface area contributed by atoms with E-state index in [2.05, 4.69) is 43.2 Å². The molecule has 1 aromatic heterocycles. The summed E-state index contributed by atoms with van der Waals surface area (Å²) in [5.74, 6) is -0.525. The van der Waals surface area contributed by atoms with E-state index in [4.69, 9.17) is 0 Å². The molecule has 166 valence electrons. The van der Waals surface area contributed by atoms with Crippen molar-refractivity contribution in [3.63, 3.8) is 0 Å². The summed E-state index contributed by atoms with van der Waals surface area (Å²) in [6.45, 7) is 6.90. The molecule has 1 aliphatic rings. The highest BCUT2D eigenvalue weighted by Gasteiger charge is 2.34. The molecule has 0 spiro atoms. The number of hydrogen-bond donors (Lipinski definition) is 1. The van der Waals surface area contributed by atoms with Gasteiger partial charge in [-0.05, 0) is 48.1 Å². The van der Waals surface area contributed by atoms with Crippen LogP contribution in [-0.4, -0.2) is 34.2 Å². The number of rotatable bonds is 7. The number of fused-ring (bicyclic) bond motifs is 2. The van der Waals surface area contributed by atoms with Crippen molar-refractivity contribution >= 4 is 44.4 Å². The van der Waals surface area contributed by atoms with Crippen molar-refractivity contribution in [3.05, 3.63) is 59.2 Å². The maximum absolute atomic E-state index is 12.4. The second-order valence-corrected chi connectivity index (χ2v) is 10.1. The summed E-state index contributed by atoms with van der Waals surface area (Å²) in [6, 6.07) is 13.1. The first kappa shape index (κ1) is 22.1. The molecule has 0 bridgehead atoms. The number of hydrogen-bond acceptors (Lipinski definition) is 5. The van der Waals surface area contributed by atoms with Crippen molar-refractivity contribution in [1.82, 2.24) is 9.88 Å². The monoisotopic (exact) mass is 449 g/mol. The Balaban J connectivity index is 1.23. The predicted octanol–water partition coefficient (Wildman–Crippen LogP) is 5.39. The Morgan fingerprint density at radius 3 is 2.34 bits per heavy atom. The van der Waals surface area contributed by atoms with Crippen LogP contribution in [0.4, 0.5) is 5.13 Å². The number of unbranched alkanes of at least 4 members (excludes halogenated alkanes) is 2. The van der Waals surface area contributed by atoms with E-state index in [1.54, 1.807) is 24.3 Å². The summed E-state index contributed by atoms with van der Waals surface area (Å²) >= 11 is 1.49. The van der Waals surface area contributed by atoms with Crippen LogP contribution < -0.4 is 5.32 Å². The standard InChI is InChI=1S/C25H27N3O3S/c1-25(2,3)16-12-13-19-20(15-16)32-24(26-19)27-21(29)11-5-4-8-14-28-22(30)17-9-6-7-10-18(17)23(28)31/h6-7,9-10,12-13,15H,4-5,8,11,14H2,1-3H3,(H,26,27,29).